The lowest BCUT2D eigenvalue weighted by Gasteiger charge is -2.35. The van der Waals surface area contributed by atoms with Gasteiger partial charge in [-0.2, -0.15) is 0 Å². The number of carbonyl (C=O) groups is 2. The first-order valence-electron chi connectivity index (χ1n) is 10.5. The molecule has 1 saturated heterocycles. The zero-order valence-corrected chi connectivity index (χ0v) is 17.8. The molecule has 2 rings (SSSR count). The Hall–Kier alpha value is -1.96. The van der Waals surface area contributed by atoms with E-state index in [0.717, 1.165) is 31.2 Å². The number of hydrogen-bond acceptors (Lipinski definition) is 5. The molecule has 1 heterocycles. The Morgan fingerprint density at radius 1 is 1.17 bits per heavy atom. The van der Waals surface area contributed by atoms with Gasteiger partial charge in [-0.15, -0.1) is 0 Å². The summed E-state index contributed by atoms with van der Waals surface area (Å²) in [6, 6.07) is 9.06. The first-order chi connectivity index (χ1) is 14.1. The monoisotopic (exact) mass is 406 g/mol. The predicted molar refractivity (Wildman–Crippen MR) is 110 cm³/mol. The Kier molecular flexibility index (Phi) is 9.57. The molecule has 1 N–H and O–H groups in total. The van der Waals surface area contributed by atoms with Gasteiger partial charge in [-0.05, 0) is 38.2 Å². The maximum Gasteiger partial charge on any atom is 0.324 e. The molecule has 0 bridgehead atoms. The second kappa shape index (κ2) is 11.9. The van der Waals surface area contributed by atoms with Crippen molar-refractivity contribution >= 4 is 11.9 Å². The van der Waals surface area contributed by atoms with Crippen LogP contribution in [0.5, 0.6) is 0 Å². The molecule has 0 aromatic heterocycles. The molecule has 1 fully saturated rings. The predicted octanol–water partition coefficient (Wildman–Crippen LogP) is 3.43. The van der Waals surface area contributed by atoms with Crippen LogP contribution in [0.25, 0.3) is 0 Å². The third-order valence-corrected chi connectivity index (χ3v) is 5.25. The number of nitrogens with one attached hydrogen (secondary N) is 1. The van der Waals surface area contributed by atoms with E-state index in [-0.39, 0.29) is 18.9 Å². The number of urea groups is 1. The number of nitrogens with zero attached hydrogens (tertiary/aromatic N) is 1. The van der Waals surface area contributed by atoms with Crippen LogP contribution in [-0.4, -0.2) is 56.5 Å². The second-order valence-electron chi connectivity index (χ2n) is 7.25. The van der Waals surface area contributed by atoms with Crippen molar-refractivity contribution in [3.8, 4) is 0 Å². The van der Waals surface area contributed by atoms with Crippen LogP contribution in [0.1, 0.15) is 51.5 Å². The minimum absolute atomic E-state index is 0.0751. The van der Waals surface area contributed by atoms with Crippen LogP contribution in [0, 0.1) is 0 Å². The lowest BCUT2D eigenvalue weighted by atomic mass is 9.87. The summed E-state index contributed by atoms with van der Waals surface area (Å²) in [5.41, 5.74) is -0.394. The van der Waals surface area contributed by atoms with Crippen molar-refractivity contribution in [1.29, 1.82) is 0 Å². The van der Waals surface area contributed by atoms with Gasteiger partial charge in [0.25, 0.3) is 5.91 Å². The summed E-state index contributed by atoms with van der Waals surface area (Å²) < 4.78 is 16.5. The van der Waals surface area contributed by atoms with Crippen LogP contribution in [0.15, 0.2) is 30.3 Å². The van der Waals surface area contributed by atoms with Crippen LogP contribution < -0.4 is 5.32 Å². The summed E-state index contributed by atoms with van der Waals surface area (Å²) >= 11 is 0. The summed E-state index contributed by atoms with van der Waals surface area (Å²) in [6.45, 7) is 5.64. The number of methoxy groups -OCH3 is 1. The van der Waals surface area contributed by atoms with Gasteiger partial charge in [0.1, 0.15) is 6.79 Å². The topological polar surface area (TPSA) is 77.1 Å². The number of piperidine rings is 1. The minimum Gasteiger partial charge on any atom is -0.361 e. The summed E-state index contributed by atoms with van der Waals surface area (Å²) in [5, 5.41) is 2.60. The fourth-order valence-corrected chi connectivity index (χ4v) is 3.66. The summed E-state index contributed by atoms with van der Waals surface area (Å²) in [7, 11) is 1.59. The normalized spacial score (nSPS) is 17.0. The third kappa shape index (κ3) is 6.26. The fourth-order valence-electron chi connectivity index (χ4n) is 3.66. The van der Waals surface area contributed by atoms with Crippen molar-refractivity contribution in [2.24, 2.45) is 0 Å². The van der Waals surface area contributed by atoms with Crippen molar-refractivity contribution in [3.05, 3.63) is 35.9 Å². The van der Waals surface area contributed by atoms with Crippen molar-refractivity contribution in [2.75, 3.05) is 33.6 Å². The van der Waals surface area contributed by atoms with Crippen molar-refractivity contribution in [1.82, 2.24) is 10.2 Å². The van der Waals surface area contributed by atoms with E-state index in [1.807, 2.05) is 37.3 Å². The first kappa shape index (κ1) is 23.3. The van der Waals surface area contributed by atoms with Crippen molar-refractivity contribution < 1.29 is 23.8 Å². The lowest BCUT2D eigenvalue weighted by Crippen LogP contribution is -2.54. The van der Waals surface area contributed by atoms with E-state index in [1.165, 1.54) is 0 Å². The molecular weight excluding hydrogens is 372 g/mol. The highest BCUT2D eigenvalue weighted by atomic mass is 16.7. The average Bonchev–Trinajstić information content (AvgIpc) is 2.76. The van der Waals surface area contributed by atoms with Gasteiger partial charge in [0.2, 0.25) is 0 Å². The van der Waals surface area contributed by atoms with Crippen LogP contribution in [0.2, 0.25) is 0 Å². The zero-order chi connectivity index (χ0) is 21.1. The molecule has 0 radical (unpaired) electrons. The smallest absolute Gasteiger partial charge is 0.324 e. The van der Waals surface area contributed by atoms with E-state index in [9.17, 15) is 9.59 Å². The fraction of sp³-hybridized carbons (Fsp3) is 0.636. The highest BCUT2D eigenvalue weighted by Crippen LogP contribution is 2.32. The number of ether oxygens (including phenoxy) is 3. The number of likely N-dealkylation sites (tertiary alicyclic amines) is 1. The molecule has 3 amide bonds. The van der Waals surface area contributed by atoms with Gasteiger partial charge in [0.15, 0.2) is 5.60 Å². The standard InChI is InChI=1S/C22H34N2O5/c1-4-6-14-22(29-5-2,18-10-8-7-9-11-18)20(25)23-21(26)24-15-12-19(13-16-24)28-17-27-3/h7-11,19H,4-6,12-17H2,1-3H3,(H,23,25,26)/t22-/m0/s1. The SMILES string of the molecule is CCCC[C@@](OCC)(C(=O)NC(=O)N1CCC(OCOC)CC1)c1ccccc1. The Morgan fingerprint density at radius 3 is 2.45 bits per heavy atom. The van der Waals surface area contributed by atoms with Gasteiger partial charge >= 0.3 is 6.03 Å². The average molecular weight is 407 g/mol. The maximum absolute atomic E-state index is 13.3. The zero-order valence-electron chi connectivity index (χ0n) is 17.8. The van der Waals surface area contributed by atoms with Gasteiger partial charge in [-0.1, -0.05) is 43.7 Å². The molecule has 7 nitrogen and oxygen atoms in total. The number of benzene rings is 1. The molecule has 0 unspecified atom stereocenters. The molecule has 1 aromatic rings. The number of unbranched alkanes of at least 4 members (excludes halogenated alkanes) is 1. The number of amides is 3. The molecule has 0 saturated carbocycles. The van der Waals surface area contributed by atoms with E-state index in [0.29, 0.717) is 26.1 Å². The molecule has 0 aliphatic carbocycles. The molecule has 7 heteroatoms. The van der Waals surface area contributed by atoms with Gasteiger partial charge in [0, 0.05) is 26.8 Å². The van der Waals surface area contributed by atoms with E-state index in [2.05, 4.69) is 12.2 Å². The molecular formula is C22H34N2O5. The number of rotatable bonds is 10. The molecule has 29 heavy (non-hydrogen) atoms. The summed E-state index contributed by atoms with van der Waals surface area (Å²) in [6.07, 6.45) is 3.78. The van der Waals surface area contributed by atoms with Crippen LogP contribution >= 0.6 is 0 Å². The molecule has 1 aliphatic rings. The van der Waals surface area contributed by atoms with E-state index in [4.69, 9.17) is 14.2 Å². The van der Waals surface area contributed by atoms with Gasteiger partial charge in [0.05, 0.1) is 6.10 Å². The van der Waals surface area contributed by atoms with Gasteiger partial charge in [-0.3, -0.25) is 10.1 Å². The van der Waals surface area contributed by atoms with Gasteiger partial charge < -0.3 is 19.1 Å². The largest absolute Gasteiger partial charge is 0.361 e. The molecule has 1 aromatic carbocycles. The van der Waals surface area contributed by atoms with Crippen LogP contribution in [0.4, 0.5) is 4.79 Å². The van der Waals surface area contributed by atoms with Gasteiger partial charge in [-0.25, -0.2) is 4.79 Å². The highest BCUT2D eigenvalue weighted by Gasteiger charge is 2.42. The van der Waals surface area contributed by atoms with E-state index >= 15 is 0 Å². The Labute approximate surface area is 173 Å². The highest BCUT2D eigenvalue weighted by molar-refractivity contribution is 5.99. The Morgan fingerprint density at radius 2 is 1.86 bits per heavy atom. The van der Waals surface area contributed by atoms with E-state index in [1.54, 1.807) is 12.0 Å². The van der Waals surface area contributed by atoms with Crippen LogP contribution in [-0.2, 0) is 24.6 Å². The van der Waals surface area contributed by atoms with E-state index < -0.39 is 11.5 Å². The number of hydrogen-bond donors (Lipinski definition) is 1. The lowest BCUT2D eigenvalue weighted by molar-refractivity contribution is -0.149. The maximum atomic E-state index is 13.3. The number of imide groups is 1. The summed E-state index contributed by atoms with van der Waals surface area (Å²) in [5.74, 6) is -0.401. The first-order valence-corrected chi connectivity index (χ1v) is 10.5. The quantitative estimate of drug-likeness (QED) is 0.603. The van der Waals surface area contributed by atoms with Crippen molar-refractivity contribution in [2.45, 2.75) is 57.7 Å². The molecule has 0 spiro atoms. The summed E-state index contributed by atoms with van der Waals surface area (Å²) in [4.78, 5) is 27.7. The van der Waals surface area contributed by atoms with Crippen molar-refractivity contribution in [3.63, 3.8) is 0 Å². The molecule has 1 atom stereocenters. The number of carbonyl (C=O) groups excluding carboxylic acids is 2. The molecule has 162 valence electrons. The molecule has 1 aliphatic heterocycles. The second-order valence-corrected chi connectivity index (χ2v) is 7.25. The minimum atomic E-state index is -1.17. The third-order valence-electron chi connectivity index (χ3n) is 5.25. The van der Waals surface area contributed by atoms with Crippen LogP contribution in [0.3, 0.4) is 0 Å². The Bertz CT molecular complexity index is 631. The Balaban J connectivity index is 2.08.